The molecule has 1 aromatic carbocycles. The average Bonchev–Trinajstić information content (AvgIpc) is 2.46. The zero-order chi connectivity index (χ0) is 13.8. The van der Waals surface area contributed by atoms with E-state index in [1.54, 1.807) is 18.2 Å². The monoisotopic (exact) mass is 264 g/mol. The molecule has 1 saturated heterocycles. The quantitative estimate of drug-likeness (QED) is 0.909. The van der Waals surface area contributed by atoms with Crippen molar-refractivity contribution in [1.29, 1.82) is 0 Å². The lowest BCUT2D eigenvalue weighted by atomic mass is 10.0. The molecule has 2 atom stereocenters. The van der Waals surface area contributed by atoms with Crippen molar-refractivity contribution < 1.29 is 9.18 Å². The van der Waals surface area contributed by atoms with Crippen LogP contribution in [0.25, 0.3) is 0 Å². The molecule has 3 nitrogen and oxygen atoms in total. The smallest absolute Gasteiger partial charge is 0.257 e. The molecule has 4 heteroatoms. The lowest BCUT2D eigenvalue weighted by molar-refractivity contribution is 0.0571. The fourth-order valence-corrected chi connectivity index (χ4v) is 2.54. The number of hydrogen-bond acceptors (Lipinski definition) is 2. The van der Waals surface area contributed by atoms with E-state index in [9.17, 15) is 9.18 Å². The number of carbonyl (C=O) groups is 1. The van der Waals surface area contributed by atoms with E-state index in [2.05, 4.69) is 19.2 Å². The van der Waals surface area contributed by atoms with Crippen molar-refractivity contribution in [3.05, 3.63) is 35.6 Å². The van der Waals surface area contributed by atoms with Crippen molar-refractivity contribution in [2.75, 3.05) is 13.1 Å². The fourth-order valence-electron chi connectivity index (χ4n) is 2.54. The molecule has 104 valence electrons. The Morgan fingerprint density at radius 2 is 2.11 bits per heavy atom. The largest absolute Gasteiger partial charge is 0.333 e. The molecule has 2 unspecified atom stereocenters. The predicted octanol–water partition coefficient (Wildman–Crippen LogP) is 2.43. The van der Waals surface area contributed by atoms with Crippen molar-refractivity contribution in [3.63, 3.8) is 0 Å². The van der Waals surface area contributed by atoms with E-state index in [1.807, 2.05) is 4.90 Å². The van der Waals surface area contributed by atoms with Crippen LogP contribution in [0.15, 0.2) is 24.3 Å². The van der Waals surface area contributed by atoms with Gasteiger partial charge in [-0.2, -0.15) is 0 Å². The van der Waals surface area contributed by atoms with Gasteiger partial charge < -0.3 is 10.2 Å². The van der Waals surface area contributed by atoms with Crippen LogP contribution in [0.5, 0.6) is 0 Å². The van der Waals surface area contributed by atoms with Gasteiger partial charge in [-0.1, -0.05) is 26.0 Å². The van der Waals surface area contributed by atoms with Crippen LogP contribution in [0, 0.1) is 5.82 Å². The third kappa shape index (κ3) is 2.95. The summed E-state index contributed by atoms with van der Waals surface area (Å²) in [6.45, 7) is 5.59. The maximum atomic E-state index is 13.7. The SMILES string of the molecule is CCC1CN(C(=O)c2ccccc2F)C(CC)CN1. The number of nitrogens with one attached hydrogen (secondary N) is 1. The Labute approximate surface area is 113 Å². The number of piperazine rings is 1. The van der Waals surface area contributed by atoms with Crippen LogP contribution in [0.1, 0.15) is 37.0 Å². The van der Waals surface area contributed by atoms with Crippen molar-refractivity contribution in [2.45, 2.75) is 38.8 Å². The van der Waals surface area contributed by atoms with Crippen molar-refractivity contribution in [3.8, 4) is 0 Å². The number of rotatable bonds is 3. The Kier molecular flexibility index (Phi) is 4.53. The second-order valence-corrected chi connectivity index (χ2v) is 5.01. The highest BCUT2D eigenvalue weighted by atomic mass is 19.1. The van der Waals surface area contributed by atoms with Crippen LogP contribution in [-0.4, -0.2) is 36.0 Å². The topological polar surface area (TPSA) is 32.3 Å². The van der Waals surface area contributed by atoms with Crippen LogP contribution in [0.2, 0.25) is 0 Å². The van der Waals surface area contributed by atoms with E-state index >= 15 is 0 Å². The molecule has 0 saturated carbocycles. The Hall–Kier alpha value is -1.42. The van der Waals surface area contributed by atoms with E-state index in [0.717, 1.165) is 19.4 Å². The summed E-state index contributed by atoms with van der Waals surface area (Å²) in [5.41, 5.74) is 0.178. The van der Waals surface area contributed by atoms with Gasteiger partial charge in [0.1, 0.15) is 5.82 Å². The summed E-state index contributed by atoms with van der Waals surface area (Å²) in [5, 5.41) is 3.43. The number of benzene rings is 1. The Balaban J connectivity index is 2.22. The van der Waals surface area contributed by atoms with Gasteiger partial charge in [0.2, 0.25) is 0 Å². The summed E-state index contributed by atoms with van der Waals surface area (Å²) >= 11 is 0. The van der Waals surface area contributed by atoms with Gasteiger partial charge in [0.25, 0.3) is 5.91 Å². The number of hydrogen-bond donors (Lipinski definition) is 1. The zero-order valence-corrected chi connectivity index (χ0v) is 11.5. The molecule has 0 radical (unpaired) electrons. The highest BCUT2D eigenvalue weighted by molar-refractivity contribution is 5.94. The molecule has 1 heterocycles. The fraction of sp³-hybridized carbons (Fsp3) is 0.533. The number of nitrogens with zero attached hydrogens (tertiary/aromatic N) is 1. The molecule has 0 spiro atoms. The number of carbonyl (C=O) groups excluding carboxylic acids is 1. The Morgan fingerprint density at radius 1 is 1.37 bits per heavy atom. The molecule has 0 aliphatic carbocycles. The third-order valence-corrected chi connectivity index (χ3v) is 3.83. The first-order valence-corrected chi connectivity index (χ1v) is 6.96. The van der Waals surface area contributed by atoms with Crippen molar-refractivity contribution >= 4 is 5.91 Å². The van der Waals surface area contributed by atoms with Crippen LogP contribution in [0.3, 0.4) is 0 Å². The van der Waals surface area contributed by atoms with Gasteiger partial charge in [0, 0.05) is 25.2 Å². The van der Waals surface area contributed by atoms with Gasteiger partial charge in [0.05, 0.1) is 5.56 Å². The maximum Gasteiger partial charge on any atom is 0.257 e. The van der Waals surface area contributed by atoms with Crippen LogP contribution >= 0.6 is 0 Å². The van der Waals surface area contributed by atoms with Gasteiger partial charge in [-0.15, -0.1) is 0 Å². The molecule has 1 aliphatic heterocycles. The van der Waals surface area contributed by atoms with Crippen LogP contribution < -0.4 is 5.32 Å². The van der Waals surface area contributed by atoms with E-state index in [1.165, 1.54) is 6.07 Å². The number of amides is 1. The lowest BCUT2D eigenvalue weighted by Gasteiger charge is -2.40. The van der Waals surface area contributed by atoms with Gasteiger partial charge in [-0.3, -0.25) is 4.79 Å². The molecule has 1 N–H and O–H groups in total. The molecular weight excluding hydrogens is 243 g/mol. The minimum atomic E-state index is -0.436. The van der Waals surface area contributed by atoms with Gasteiger partial charge >= 0.3 is 0 Å². The molecule has 1 aliphatic rings. The van der Waals surface area contributed by atoms with Gasteiger partial charge in [-0.25, -0.2) is 4.39 Å². The van der Waals surface area contributed by atoms with Gasteiger partial charge in [-0.05, 0) is 25.0 Å². The lowest BCUT2D eigenvalue weighted by Crippen LogP contribution is -2.58. The van der Waals surface area contributed by atoms with Crippen LogP contribution in [-0.2, 0) is 0 Å². The molecule has 1 fully saturated rings. The summed E-state index contributed by atoms with van der Waals surface area (Å²) in [6.07, 6.45) is 1.85. The van der Waals surface area contributed by atoms with E-state index in [-0.39, 0.29) is 17.5 Å². The molecule has 2 rings (SSSR count). The minimum absolute atomic E-state index is 0.148. The zero-order valence-electron chi connectivity index (χ0n) is 11.5. The first kappa shape index (κ1) is 14.0. The summed E-state index contributed by atoms with van der Waals surface area (Å²) in [7, 11) is 0. The van der Waals surface area contributed by atoms with E-state index in [4.69, 9.17) is 0 Å². The standard InChI is InChI=1S/C15H21FN2O/c1-3-11-10-18(12(4-2)9-17-11)15(19)13-7-5-6-8-14(13)16/h5-8,11-12,17H,3-4,9-10H2,1-2H3. The average molecular weight is 264 g/mol. The van der Waals surface area contributed by atoms with Crippen LogP contribution in [0.4, 0.5) is 4.39 Å². The molecule has 19 heavy (non-hydrogen) atoms. The first-order chi connectivity index (χ1) is 9.17. The maximum absolute atomic E-state index is 13.7. The highest BCUT2D eigenvalue weighted by Crippen LogP contribution is 2.17. The normalized spacial score (nSPS) is 23.4. The summed E-state index contributed by atoms with van der Waals surface area (Å²) < 4.78 is 13.7. The Morgan fingerprint density at radius 3 is 2.74 bits per heavy atom. The Bertz CT molecular complexity index is 450. The molecule has 0 bridgehead atoms. The van der Waals surface area contributed by atoms with E-state index < -0.39 is 5.82 Å². The summed E-state index contributed by atoms with van der Waals surface area (Å²) in [6, 6.07) is 6.67. The molecule has 0 aromatic heterocycles. The third-order valence-electron chi connectivity index (χ3n) is 3.83. The molecular formula is C15H21FN2O. The number of halogens is 1. The van der Waals surface area contributed by atoms with Crippen molar-refractivity contribution in [1.82, 2.24) is 10.2 Å². The second-order valence-electron chi connectivity index (χ2n) is 5.01. The highest BCUT2D eigenvalue weighted by Gasteiger charge is 2.31. The van der Waals surface area contributed by atoms with E-state index in [0.29, 0.717) is 12.6 Å². The summed E-state index contributed by atoms with van der Waals surface area (Å²) in [5.74, 6) is -0.626. The molecule has 1 aromatic rings. The summed E-state index contributed by atoms with van der Waals surface area (Å²) in [4.78, 5) is 14.3. The minimum Gasteiger partial charge on any atom is -0.333 e. The van der Waals surface area contributed by atoms with Crippen molar-refractivity contribution in [2.24, 2.45) is 0 Å². The second kappa shape index (κ2) is 6.15. The predicted molar refractivity (Wildman–Crippen MR) is 73.6 cm³/mol. The first-order valence-electron chi connectivity index (χ1n) is 6.96. The molecule has 1 amide bonds. The van der Waals surface area contributed by atoms with Gasteiger partial charge in [0.15, 0.2) is 0 Å².